The van der Waals surface area contributed by atoms with Gasteiger partial charge in [-0.3, -0.25) is 9.69 Å². The van der Waals surface area contributed by atoms with E-state index in [1.54, 1.807) is 18.2 Å². The standard InChI is InChI=1S/C21H19ClFN3O2/c1-13-18(25-21(28-13)16-4-2-3-5-17(16)22)12-26-11-10-24-20(27)19(26)14-6-8-15(23)9-7-14/h2-9,19H,10-12H2,1H3,(H,24,27)/t19-/m0/s1. The van der Waals surface area contributed by atoms with E-state index in [4.69, 9.17) is 16.0 Å². The number of aryl methyl sites for hydroxylation is 1. The number of hydrogen-bond acceptors (Lipinski definition) is 4. The molecule has 3 aromatic rings. The molecule has 1 aliphatic rings. The first-order valence-corrected chi connectivity index (χ1v) is 9.39. The molecule has 1 fully saturated rings. The van der Waals surface area contributed by atoms with Gasteiger partial charge in [0.25, 0.3) is 0 Å². The number of carbonyl (C=O) groups is 1. The molecular formula is C21H19ClFN3O2. The maximum atomic E-state index is 13.3. The van der Waals surface area contributed by atoms with Crippen LogP contribution in [0.5, 0.6) is 0 Å². The Labute approximate surface area is 167 Å². The SMILES string of the molecule is Cc1oc(-c2ccccc2Cl)nc1CN1CCNC(=O)[C@@H]1c1ccc(F)cc1. The maximum absolute atomic E-state index is 13.3. The fraction of sp³-hybridized carbons (Fsp3) is 0.238. The van der Waals surface area contributed by atoms with Crippen molar-refractivity contribution in [1.29, 1.82) is 0 Å². The number of piperazine rings is 1. The molecule has 7 heteroatoms. The lowest BCUT2D eigenvalue weighted by molar-refractivity contribution is -0.129. The molecule has 0 aliphatic carbocycles. The molecule has 1 aromatic heterocycles. The molecule has 1 N–H and O–H groups in total. The van der Waals surface area contributed by atoms with E-state index in [0.29, 0.717) is 36.3 Å². The molecule has 0 unspecified atom stereocenters. The van der Waals surface area contributed by atoms with Crippen LogP contribution >= 0.6 is 11.6 Å². The lowest BCUT2D eigenvalue weighted by atomic mass is 10.0. The number of halogens is 2. The minimum Gasteiger partial charge on any atom is -0.441 e. The number of nitrogens with zero attached hydrogens (tertiary/aromatic N) is 2. The Kier molecular flexibility index (Phi) is 5.15. The van der Waals surface area contributed by atoms with Crippen LogP contribution in [0.3, 0.4) is 0 Å². The van der Waals surface area contributed by atoms with Crippen LogP contribution in [0.15, 0.2) is 52.9 Å². The summed E-state index contributed by atoms with van der Waals surface area (Å²) in [6.45, 7) is 3.49. The van der Waals surface area contributed by atoms with E-state index in [-0.39, 0.29) is 11.7 Å². The minimum atomic E-state index is -0.505. The number of nitrogens with one attached hydrogen (secondary N) is 1. The highest BCUT2D eigenvalue weighted by atomic mass is 35.5. The molecule has 0 bridgehead atoms. The molecule has 5 nitrogen and oxygen atoms in total. The summed E-state index contributed by atoms with van der Waals surface area (Å²) in [6, 6.07) is 12.9. The highest BCUT2D eigenvalue weighted by molar-refractivity contribution is 6.33. The Balaban J connectivity index is 1.63. The molecule has 0 radical (unpaired) electrons. The second kappa shape index (κ2) is 7.73. The topological polar surface area (TPSA) is 58.4 Å². The Hall–Kier alpha value is -2.70. The lowest BCUT2D eigenvalue weighted by Crippen LogP contribution is -2.49. The third-order valence-electron chi connectivity index (χ3n) is 4.85. The minimum absolute atomic E-state index is 0.106. The van der Waals surface area contributed by atoms with E-state index < -0.39 is 6.04 Å². The van der Waals surface area contributed by atoms with Crippen LogP contribution in [0.4, 0.5) is 4.39 Å². The summed E-state index contributed by atoms with van der Waals surface area (Å²) in [6.07, 6.45) is 0. The Morgan fingerprint density at radius 3 is 2.75 bits per heavy atom. The normalized spacial score (nSPS) is 17.5. The summed E-state index contributed by atoms with van der Waals surface area (Å²) in [4.78, 5) is 19.2. The summed E-state index contributed by atoms with van der Waals surface area (Å²) in [7, 11) is 0. The molecule has 1 amide bonds. The predicted octanol–water partition coefficient (Wildman–Crippen LogP) is 4.12. The van der Waals surface area contributed by atoms with Crippen LogP contribution < -0.4 is 5.32 Å². The van der Waals surface area contributed by atoms with Crippen molar-refractivity contribution in [3.63, 3.8) is 0 Å². The van der Waals surface area contributed by atoms with Gasteiger partial charge in [0, 0.05) is 19.6 Å². The Morgan fingerprint density at radius 2 is 2.00 bits per heavy atom. The molecule has 1 atom stereocenters. The van der Waals surface area contributed by atoms with E-state index in [9.17, 15) is 9.18 Å². The molecule has 2 aromatic carbocycles. The van der Waals surface area contributed by atoms with Gasteiger partial charge in [0.2, 0.25) is 11.8 Å². The number of benzene rings is 2. The molecule has 144 valence electrons. The zero-order valence-electron chi connectivity index (χ0n) is 15.3. The molecule has 1 aliphatic heterocycles. The van der Waals surface area contributed by atoms with Crippen molar-refractivity contribution < 1.29 is 13.6 Å². The largest absolute Gasteiger partial charge is 0.441 e. The number of aromatic nitrogens is 1. The van der Waals surface area contributed by atoms with Crippen molar-refractivity contribution in [2.45, 2.75) is 19.5 Å². The first-order valence-electron chi connectivity index (χ1n) is 9.01. The summed E-state index contributed by atoms with van der Waals surface area (Å²) in [5, 5.41) is 3.44. The van der Waals surface area contributed by atoms with Gasteiger partial charge in [-0.15, -0.1) is 0 Å². The van der Waals surface area contributed by atoms with Crippen LogP contribution in [0.1, 0.15) is 23.1 Å². The second-order valence-electron chi connectivity index (χ2n) is 6.72. The van der Waals surface area contributed by atoms with Gasteiger partial charge in [0.05, 0.1) is 16.3 Å². The fourth-order valence-corrected chi connectivity index (χ4v) is 3.63. The quantitative estimate of drug-likeness (QED) is 0.717. The van der Waals surface area contributed by atoms with Crippen molar-refractivity contribution >= 4 is 17.5 Å². The molecule has 28 heavy (non-hydrogen) atoms. The van der Waals surface area contributed by atoms with Gasteiger partial charge < -0.3 is 9.73 Å². The van der Waals surface area contributed by atoms with Gasteiger partial charge in [0.15, 0.2) is 0 Å². The smallest absolute Gasteiger partial charge is 0.242 e. The summed E-state index contributed by atoms with van der Waals surface area (Å²) >= 11 is 6.25. The predicted molar refractivity (Wildman–Crippen MR) is 104 cm³/mol. The van der Waals surface area contributed by atoms with E-state index in [2.05, 4.69) is 10.3 Å². The molecular weight excluding hydrogens is 381 g/mol. The zero-order valence-corrected chi connectivity index (χ0v) is 16.0. The Bertz CT molecular complexity index is 1000. The monoisotopic (exact) mass is 399 g/mol. The fourth-order valence-electron chi connectivity index (χ4n) is 3.41. The molecule has 1 saturated heterocycles. The second-order valence-corrected chi connectivity index (χ2v) is 7.12. The van der Waals surface area contributed by atoms with Crippen molar-refractivity contribution in [2.75, 3.05) is 13.1 Å². The van der Waals surface area contributed by atoms with E-state index >= 15 is 0 Å². The van der Waals surface area contributed by atoms with Crippen LogP contribution in [0.2, 0.25) is 5.02 Å². The summed E-state index contributed by atoms with van der Waals surface area (Å²) in [5.74, 6) is 0.699. The highest BCUT2D eigenvalue weighted by Gasteiger charge is 2.32. The summed E-state index contributed by atoms with van der Waals surface area (Å²) < 4.78 is 19.1. The summed E-state index contributed by atoms with van der Waals surface area (Å²) in [5.41, 5.74) is 2.22. The first kappa shape index (κ1) is 18.7. The average Bonchev–Trinajstić information content (AvgIpc) is 3.04. The van der Waals surface area contributed by atoms with Gasteiger partial charge in [-0.2, -0.15) is 0 Å². The highest BCUT2D eigenvalue weighted by Crippen LogP contribution is 2.30. The average molecular weight is 400 g/mol. The molecule has 2 heterocycles. The van der Waals surface area contributed by atoms with Crippen LogP contribution in [-0.2, 0) is 11.3 Å². The number of rotatable bonds is 4. The maximum Gasteiger partial charge on any atom is 0.242 e. The number of amides is 1. The third kappa shape index (κ3) is 3.66. The molecule has 4 rings (SSSR count). The lowest BCUT2D eigenvalue weighted by Gasteiger charge is -2.34. The van der Waals surface area contributed by atoms with Crippen molar-refractivity contribution in [1.82, 2.24) is 15.2 Å². The van der Waals surface area contributed by atoms with Gasteiger partial charge >= 0.3 is 0 Å². The van der Waals surface area contributed by atoms with Gasteiger partial charge in [-0.25, -0.2) is 9.37 Å². The number of carbonyl (C=O) groups excluding carboxylic acids is 1. The van der Waals surface area contributed by atoms with Gasteiger partial charge in [0.1, 0.15) is 17.6 Å². The van der Waals surface area contributed by atoms with Gasteiger partial charge in [-0.05, 0) is 36.8 Å². The van der Waals surface area contributed by atoms with E-state index in [1.807, 2.05) is 30.0 Å². The van der Waals surface area contributed by atoms with Crippen molar-refractivity contribution in [2.24, 2.45) is 0 Å². The van der Waals surface area contributed by atoms with Crippen LogP contribution in [0, 0.1) is 12.7 Å². The first-order chi connectivity index (χ1) is 13.5. The Morgan fingerprint density at radius 1 is 1.25 bits per heavy atom. The van der Waals surface area contributed by atoms with Crippen molar-refractivity contribution in [3.05, 3.63) is 76.4 Å². The zero-order chi connectivity index (χ0) is 19.7. The van der Waals surface area contributed by atoms with Crippen LogP contribution in [-0.4, -0.2) is 28.9 Å². The molecule has 0 saturated carbocycles. The van der Waals surface area contributed by atoms with Crippen molar-refractivity contribution in [3.8, 4) is 11.5 Å². The number of hydrogen-bond donors (Lipinski definition) is 1. The van der Waals surface area contributed by atoms with Gasteiger partial charge in [-0.1, -0.05) is 35.9 Å². The number of oxazole rings is 1. The third-order valence-corrected chi connectivity index (χ3v) is 5.18. The van der Waals surface area contributed by atoms with E-state index in [0.717, 1.165) is 16.8 Å². The van der Waals surface area contributed by atoms with E-state index in [1.165, 1.54) is 12.1 Å². The van der Waals surface area contributed by atoms with Crippen LogP contribution in [0.25, 0.3) is 11.5 Å². The molecule has 0 spiro atoms.